The second-order valence-electron chi connectivity index (χ2n) is 2.42. The van der Waals surface area contributed by atoms with Crippen molar-refractivity contribution in [2.45, 2.75) is 12.8 Å². The van der Waals surface area contributed by atoms with Crippen molar-refractivity contribution < 1.29 is 17.1 Å². The van der Waals surface area contributed by atoms with Gasteiger partial charge in [0, 0.05) is 13.0 Å². The summed E-state index contributed by atoms with van der Waals surface area (Å²) in [5.41, 5.74) is 0. The highest BCUT2D eigenvalue weighted by atomic mass is 32.3. The second-order valence-corrected chi connectivity index (χ2v) is 3.76. The molecule has 1 fully saturated rings. The average molecular weight is 181 g/mol. The van der Waals surface area contributed by atoms with Crippen LogP contribution in [-0.2, 0) is 15.2 Å². The summed E-state index contributed by atoms with van der Waals surface area (Å²) < 4.78 is 33.2. The van der Waals surface area contributed by atoms with Gasteiger partial charge in [0.1, 0.15) is 5.78 Å². The van der Waals surface area contributed by atoms with Crippen LogP contribution in [0.25, 0.3) is 0 Å². The van der Waals surface area contributed by atoms with E-state index in [4.69, 9.17) is 0 Å². The SMILES string of the molecule is O=C1CCCN(S(=O)(=O)F)C1. The van der Waals surface area contributed by atoms with E-state index in [-0.39, 0.29) is 18.9 Å². The van der Waals surface area contributed by atoms with Gasteiger partial charge < -0.3 is 0 Å². The molecule has 0 aromatic heterocycles. The first-order valence-corrected chi connectivity index (χ1v) is 4.55. The van der Waals surface area contributed by atoms with Crippen LogP contribution in [-0.4, -0.2) is 31.6 Å². The number of rotatable bonds is 1. The van der Waals surface area contributed by atoms with Gasteiger partial charge in [0.15, 0.2) is 0 Å². The summed E-state index contributed by atoms with van der Waals surface area (Å²) in [4.78, 5) is 10.6. The lowest BCUT2D eigenvalue weighted by Crippen LogP contribution is -2.37. The van der Waals surface area contributed by atoms with E-state index >= 15 is 0 Å². The van der Waals surface area contributed by atoms with Crippen molar-refractivity contribution in [3.8, 4) is 0 Å². The molecular formula is C5H8FNO3S. The maximum absolute atomic E-state index is 12.2. The Morgan fingerprint density at radius 1 is 1.45 bits per heavy atom. The first kappa shape index (κ1) is 8.61. The number of carbonyl (C=O) groups excluding carboxylic acids is 1. The van der Waals surface area contributed by atoms with Crippen LogP contribution in [0.5, 0.6) is 0 Å². The van der Waals surface area contributed by atoms with Crippen LogP contribution < -0.4 is 0 Å². The molecule has 64 valence electrons. The largest absolute Gasteiger partial charge is 0.375 e. The lowest BCUT2D eigenvalue weighted by atomic mass is 10.1. The van der Waals surface area contributed by atoms with Crippen molar-refractivity contribution in [1.82, 2.24) is 4.31 Å². The molecular weight excluding hydrogens is 173 g/mol. The Kier molecular flexibility index (Phi) is 2.24. The summed E-state index contributed by atoms with van der Waals surface area (Å²) in [6.45, 7) is -0.191. The monoisotopic (exact) mass is 181 g/mol. The molecule has 1 aliphatic rings. The first-order chi connectivity index (χ1) is 5.00. The molecule has 0 radical (unpaired) electrons. The molecule has 0 saturated carbocycles. The molecule has 0 N–H and O–H groups in total. The maximum atomic E-state index is 12.2. The lowest BCUT2D eigenvalue weighted by Gasteiger charge is -2.20. The number of hydrogen-bond acceptors (Lipinski definition) is 3. The minimum absolute atomic E-state index is 0.116. The second kappa shape index (κ2) is 2.86. The van der Waals surface area contributed by atoms with Gasteiger partial charge in [-0.25, -0.2) is 0 Å². The molecule has 0 bridgehead atoms. The molecule has 0 aromatic carbocycles. The molecule has 6 heteroatoms. The minimum Gasteiger partial charge on any atom is -0.298 e. The van der Waals surface area contributed by atoms with Crippen molar-refractivity contribution >= 4 is 16.2 Å². The molecule has 4 nitrogen and oxygen atoms in total. The quantitative estimate of drug-likeness (QED) is 0.529. The van der Waals surface area contributed by atoms with Gasteiger partial charge in [0.05, 0.1) is 6.54 Å². The molecule has 1 saturated heterocycles. The Bertz CT molecular complexity index is 261. The summed E-state index contributed by atoms with van der Waals surface area (Å²) in [5.74, 6) is -0.225. The predicted molar refractivity (Wildman–Crippen MR) is 35.8 cm³/mol. The molecule has 0 aliphatic carbocycles. The van der Waals surface area contributed by atoms with E-state index in [0.29, 0.717) is 17.1 Å². The van der Waals surface area contributed by atoms with Gasteiger partial charge in [-0.05, 0) is 6.42 Å². The zero-order valence-electron chi connectivity index (χ0n) is 5.79. The number of carbonyl (C=O) groups is 1. The van der Waals surface area contributed by atoms with E-state index in [9.17, 15) is 17.1 Å². The van der Waals surface area contributed by atoms with Gasteiger partial charge in [-0.2, -0.15) is 12.7 Å². The maximum Gasteiger partial charge on any atom is 0.375 e. The van der Waals surface area contributed by atoms with Gasteiger partial charge in [-0.15, -0.1) is 0 Å². The molecule has 0 amide bonds. The van der Waals surface area contributed by atoms with Crippen LogP contribution in [0.15, 0.2) is 0 Å². The topological polar surface area (TPSA) is 54.5 Å². The van der Waals surface area contributed by atoms with Crippen LogP contribution in [0.1, 0.15) is 12.8 Å². The molecule has 1 aliphatic heterocycles. The minimum atomic E-state index is -4.65. The fourth-order valence-corrected chi connectivity index (χ4v) is 1.64. The third-order valence-corrected chi connectivity index (χ3v) is 2.45. The number of Topliss-reactive ketones (excluding diaryl/α,β-unsaturated/α-hetero) is 1. The zero-order valence-corrected chi connectivity index (χ0v) is 6.60. The van der Waals surface area contributed by atoms with Gasteiger partial charge in [-0.3, -0.25) is 4.79 Å². The lowest BCUT2D eigenvalue weighted by molar-refractivity contribution is -0.120. The van der Waals surface area contributed by atoms with Gasteiger partial charge in [-0.1, -0.05) is 3.89 Å². The van der Waals surface area contributed by atoms with E-state index in [1.54, 1.807) is 0 Å². The van der Waals surface area contributed by atoms with Crippen LogP contribution in [0.3, 0.4) is 0 Å². The Labute approximate surface area is 64.3 Å². The molecule has 0 unspecified atom stereocenters. The van der Waals surface area contributed by atoms with Crippen LogP contribution in [0.4, 0.5) is 3.89 Å². The molecule has 0 aromatic rings. The normalized spacial score (nSPS) is 22.1. The van der Waals surface area contributed by atoms with Gasteiger partial charge in [0.25, 0.3) is 0 Å². The number of ketones is 1. The van der Waals surface area contributed by atoms with E-state index in [0.717, 1.165) is 0 Å². The average Bonchev–Trinajstić information content (AvgIpc) is 1.86. The highest BCUT2D eigenvalue weighted by molar-refractivity contribution is 7.84. The molecule has 0 atom stereocenters. The highest BCUT2D eigenvalue weighted by Gasteiger charge is 2.26. The standard InChI is InChI=1S/C5H8FNO3S/c6-11(9,10)7-3-1-2-5(8)4-7/h1-4H2. The Hall–Kier alpha value is -0.490. The van der Waals surface area contributed by atoms with Crippen molar-refractivity contribution in [2.24, 2.45) is 0 Å². The van der Waals surface area contributed by atoms with Crippen molar-refractivity contribution in [2.75, 3.05) is 13.1 Å². The zero-order chi connectivity index (χ0) is 8.48. The number of piperidine rings is 1. The van der Waals surface area contributed by atoms with Gasteiger partial charge in [0.2, 0.25) is 0 Å². The third kappa shape index (κ3) is 2.23. The Morgan fingerprint density at radius 2 is 2.09 bits per heavy atom. The summed E-state index contributed by atoms with van der Waals surface area (Å²) in [6, 6.07) is 0. The molecule has 11 heavy (non-hydrogen) atoms. The van der Waals surface area contributed by atoms with E-state index in [2.05, 4.69) is 0 Å². The third-order valence-electron chi connectivity index (χ3n) is 1.52. The predicted octanol–water partition coefficient (Wildman–Crippen LogP) is -0.134. The van der Waals surface area contributed by atoms with Crippen LogP contribution in [0.2, 0.25) is 0 Å². The summed E-state index contributed by atoms with van der Waals surface area (Å²) in [5, 5.41) is 0. The van der Waals surface area contributed by atoms with Crippen molar-refractivity contribution in [1.29, 1.82) is 0 Å². The molecule has 1 rings (SSSR count). The van der Waals surface area contributed by atoms with Crippen LogP contribution >= 0.6 is 0 Å². The van der Waals surface area contributed by atoms with E-state index in [1.165, 1.54) is 0 Å². The summed E-state index contributed by atoms with van der Waals surface area (Å²) in [6.07, 6.45) is 0.772. The highest BCUT2D eigenvalue weighted by Crippen LogP contribution is 2.11. The Balaban J connectivity index is 2.68. The van der Waals surface area contributed by atoms with E-state index in [1.807, 2.05) is 0 Å². The van der Waals surface area contributed by atoms with E-state index < -0.39 is 10.4 Å². The first-order valence-electron chi connectivity index (χ1n) is 3.21. The number of nitrogens with zero attached hydrogens (tertiary/aromatic N) is 1. The fourth-order valence-electron chi connectivity index (χ4n) is 0.994. The number of halogens is 1. The summed E-state index contributed by atoms with van der Waals surface area (Å²) >= 11 is 0. The summed E-state index contributed by atoms with van der Waals surface area (Å²) in [7, 11) is -4.65. The molecule has 0 spiro atoms. The smallest absolute Gasteiger partial charge is 0.298 e. The Morgan fingerprint density at radius 3 is 2.45 bits per heavy atom. The van der Waals surface area contributed by atoms with Gasteiger partial charge >= 0.3 is 10.4 Å². The van der Waals surface area contributed by atoms with Crippen molar-refractivity contribution in [3.05, 3.63) is 0 Å². The number of hydrogen-bond donors (Lipinski definition) is 0. The van der Waals surface area contributed by atoms with Crippen LogP contribution in [0, 0.1) is 0 Å². The van der Waals surface area contributed by atoms with Crippen molar-refractivity contribution in [3.63, 3.8) is 0 Å². The molecule has 1 heterocycles. The fraction of sp³-hybridized carbons (Fsp3) is 0.800.